The molecule has 2 N–H and O–H groups in total. The molecule has 130 valence electrons. The summed E-state index contributed by atoms with van der Waals surface area (Å²) in [5, 5.41) is 12.2. The van der Waals surface area contributed by atoms with Gasteiger partial charge in [-0.3, -0.25) is 4.79 Å². The zero-order valence-corrected chi connectivity index (χ0v) is 14.3. The molecule has 0 fully saturated rings. The van der Waals surface area contributed by atoms with Crippen molar-refractivity contribution in [1.29, 1.82) is 0 Å². The lowest BCUT2D eigenvalue weighted by atomic mass is 10.1. The van der Waals surface area contributed by atoms with Crippen molar-refractivity contribution in [3.8, 4) is 10.4 Å². The number of hydrogen-bond donors (Lipinski definition) is 2. The van der Waals surface area contributed by atoms with Crippen LogP contribution < -0.4 is 5.32 Å². The summed E-state index contributed by atoms with van der Waals surface area (Å²) >= 11 is 1.20. The summed E-state index contributed by atoms with van der Waals surface area (Å²) in [6.45, 7) is 0. The molecule has 0 aliphatic rings. The van der Waals surface area contributed by atoms with Crippen molar-refractivity contribution in [3.63, 3.8) is 0 Å². The molecule has 0 spiro atoms. The van der Waals surface area contributed by atoms with Crippen LogP contribution in [0.4, 0.5) is 9.39 Å². The first-order valence-electron chi connectivity index (χ1n) is 7.70. The van der Waals surface area contributed by atoms with Crippen LogP contribution in [-0.4, -0.2) is 17.0 Å². The van der Waals surface area contributed by atoms with E-state index in [0.29, 0.717) is 5.56 Å². The summed E-state index contributed by atoms with van der Waals surface area (Å²) in [6.07, 6.45) is 2.81. The van der Waals surface area contributed by atoms with Crippen LogP contribution in [0, 0.1) is 5.82 Å². The number of nitrogens with one attached hydrogen (secondary N) is 1. The second-order valence-electron chi connectivity index (χ2n) is 5.40. The second kappa shape index (κ2) is 7.76. The number of rotatable bonds is 5. The minimum absolute atomic E-state index is 0.0392. The molecule has 0 saturated carbocycles. The fourth-order valence-electron chi connectivity index (χ4n) is 2.29. The molecule has 3 rings (SSSR count). The van der Waals surface area contributed by atoms with Gasteiger partial charge in [0.1, 0.15) is 10.8 Å². The third-order valence-electron chi connectivity index (χ3n) is 3.55. The van der Waals surface area contributed by atoms with Gasteiger partial charge < -0.3 is 10.4 Å². The van der Waals surface area contributed by atoms with E-state index >= 15 is 0 Å². The highest BCUT2D eigenvalue weighted by molar-refractivity contribution is 7.20. The average Bonchev–Trinajstić information content (AvgIpc) is 3.06. The van der Waals surface area contributed by atoms with E-state index < -0.39 is 11.9 Å². The van der Waals surface area contributed by atoms with Crippen molar-refractivity contribution in [2.75, 3.05) is 5.32 Å². The molecule has 6 heteroatoms. The maximum atomic E-state index is 12.9. The Kier molecular flexibility index (Phi) is 5.24. The largest absolute Gasteiger partial charge is 0.478 e. The molecule has 3 aromatic rings. The molecule has 2 aromatic carbocycles. The molecule has 0 atom stereocenters. The van der Waals surface area contributed by atoms with E-state index in [9.17, 15) is 19.1 Å². The summed E-state index contributed by atoms with van der Waals surface area (Å²) < 4.78 is 12.9. The summed E-state index contributed by atoms with van der Waals surface area (Å²) in [5.74, 6) is -1.93. The quantitative estimate of drug-likeness (QED) is 0.630. The zero-order valence-electron chi connectivity index (χ0n) is 13.5. The van der Waals surface area contributed by atoms with Gasteiger partial charge in [-0.2, -0.15) is 0 Å². The molecular formula is C20H14FNO3S. The van der Waals surface area contributed by atoms with E-state index in [2.05, 4.69) is 5.32 Å². The Bertz CT molecular complexity index is 962. The fourth-order valence-corrected chi connectivity index (χ4v) is 3.35. The van der Waals surface area contributed by atoms with E-state index in [-0.39, 0.29) is 16.4 Å². The first kappa shape index (κ1) is 17.6. The number of amides is 1. The number of hydrogen-bond acceptors (Lipinski definition) is 3. The molecule has 0 aliphatic heterocycles. The van der Waals surface area contributed by atoms with Crippen LogP contribution in [-0.2, 0) is 4.79 Å². The van der Waals surface area contributed by atoms with E-state index in [1.165, 1.54) is 35.6 Å². The molecular weight excluding hydrogens is 353 g/mol. The van der Waals surface area contributed by atoms with Gasteiger partial charge in [-0.15, -0.1) is 11.3 Å². The van der Waals surface area contributed by atoms with E-state index in [1.807, 2.05) is 30.3 Å². The number of carbonyl (C=O) groups excluding carboxylic acids is 1. The first-order chi connectivity index (χ1) is 12.5. The van der Waals surface area contributed by atoms with Crippen molar-refractivity contribution in [3.05, 3.63) is 83.7 Å². The average molecular weight is 367 g/mol. The summed E-state index contributed by atoms with van der Waals surface area (Å²) in [5.41, 5.74) is 1.58. The van der Waals surface area contributed by atoms with Gasteiger partial charge in [-0.25, -0.2) is 9.18 Å². The molecule has 1 aromatic heterocycles. The second-order valence-corrected chi connectivity index (χ2v) is 6.45. The van der Waals surface area contributed by atoms with Crippen LogP contribution in [0.2, 0.25) is 0 Å². The highest BCUT2D eigenvalue weighted by Crippen LogP contribution is 2.35. The summed E-state index contributed by atoms with van der Waals surface area (Å²) in [6, 6.07) is 16.6. The first-order valence-corrected chi connectivity index (χ1v) is 8.52. The van der Waals surface area contributed by atoms with Gasteiger partial charge in [0.15, 0.2) is 0 Å². The third kappa shape index (κ3) is 4.23. The van der Waals surface area contributed by atoms with Gasteiger partial charge in [0.25, 0.3) is 0 Å². The normalized spacial score (nSPS) is 10.8. The Morgan fingerprint density at radius 2 is 1.73 bits per heavy atom. The molecule has 1 amide bonds. The Labute approximate surface area is 153 Å². The van der Waals surface area contributed by atoms with Crippen LogP contribution in [0.5, 0.6) is 0 Å². The number of thiophene rings is 1. The third-order valence-corrected chi connectivity index (χ3v) is 4.65. The van der Waals surface area contributed by atoms with Crippen molar-refractivity contribution >= 4 is 34.3 Å². The zero-order chi connectivity index (χ0) is 18.5. The van der Waals surface area contributed by atoms with Crippen molar-refractivity contribution in [1.82, 2.24) is 0 Å². The SMILES string of the molecule is O=C(/C=C/c1ccc(F)cc1)Nc1sc(-c2ccccc2)cc1C(=O)O. The molecule has 0 radical (unpaired) electrons. The molecule has 0 saturated heterocycles. The number of carboxylic acids is 1. The van der Waals surface area contributed by atoms with Crippen LogP contribution in [0.1, 0.15) is 15.9 Å². The molecule has 0 unspecified atom stereocenters. The van der Waals surface area contributed by atoms with E-state index in [1.54, 1.807) is 18.2 Å². The lowest BCUT2D eigenvalue weighted by Crippen LogP contribution is -2.09. The monoisotopic (exact) mass is 367 g/mol. The van der Waals surface area contributed by atoms with Gasteiger partial charge in [-0.05, 0) is 35.4 Å². The van der Waals surface area contributed by atoms with Gasteiger partial charge in [0.05, 0.1) is 5.56 Å². The number of aromatic carboxylic acids is 1. The summed E-state index contributed by atoms with van der Waals surface area (Å²) in [7, 11) is 0. The van der Waals surface area contributed by atoms with Crippen LogP contribution >= 0.6 is 11.3 Å². The lowest BCUT2D eigenvalue weighted by molar-refractivity contribution is -0.111. The molecule has 26 heavy (non-hydrogen) atoms. The van der Waals surface area contributed by atoms with Crippen LogP contribution in [0.3, 0.4) is 0 Å². The van der Waals surface area contributed by atoms with Crippen molar-refractivity contribution < 1.29 is 19.1 Å². The van der Waals surface area contributed by atoms with Crippen molar-refractivity contribution in [2.45, 2.75) is 0 Å². The number of anilines is 1. The van der Waals surface area contributed by atoms with E-state index in [0.717, 1.165) is 10.4 Å². The highest BCUT2D eigenvalue weighted by atomic mass is 32.1. The highest BCUT2D eigenvalue weighted by Gasteiger charge is 2.17. The maximum Gasteiger partial charge on any atom is 0.338 e. The Hall–Kier alpha value is -3.25. The Morgan fingerprint density at radius 1 is 1.04 bits per heavy atom. The Morgan fingerprint density at radius 3 is 2.38 bits per heavy atom. The van der Waals surface area contributed by atoms with Gasteiger partial charge in [-0.1, -0.05) is 42.5 Å². The summed E-state index contributed by atoms with van der Waals surface area (Å²) in [4.78, 5) is 24.3. The Balaban J connectivity index is 1.80. The number of benzene rings is 2. The lowest BCUT2D eigenvalue weighted by Gasteiger charge is -2.00. The predicted molar refractivity (Wildman–Crippen MR) is 101 cm³/mol. The predicted octanol–water partition coefficient (Wildman–Crippen LogP) is 4.90. The van der Waals surface area contributed by atoms with Crippen LogP contribution in [0.25, 0.3) is 16.5 Å². The van der Waals surface area contributed by atoms with Gasteiger partial charge in [0, 0.05) is 11.0 Å². The number of carboxylic acid groups (broad SMARTS) is 1. The maximum absolute atomic E-state index is 12.9. The minimum Gasteiger partial charge on any atom is -0.478 e. The smallest absolute Gasteiger partial charge is 0.338 e. The van der Waals surface area contributed by atoms with Crippen LogP contribution in [0.15, 0.2) is 66.7 Å². The fraction of sp³-hybridized carbons (Fsp3) is 0. The topological polar surface area (TPSA) is 66.4 Å². The molecule has 0 bridgehead atoms. The molecule has 0 aliphatic carbocycles. The van der Waals surface area contributed by atoms with E-state index in [4.69, 9.17) is 0 Å². The van der Waals surface area contributed by atoms with Gasteiger partial charge in [0.2, 0.25) is 5.91 Å². The molecule has 1 heterocycles. The minimum atomic E-state index is -1.11. The van der Waals surface area contributed by atoms with Crippen molar-refractivity contribution in [2.24, 2.45) is 0 Å². The standard InChI is InChI=1S/C20H14FNO3S/c21-15-9-6-13(7-10-15)8-11-18(23)22-19-16(20(24)25)12-17(26-19)14-4-2-1-3-5-14/h1-12H,(H,22,23)(H,24,25)/b11-8+. The van der Waals surface area contributed by atoms with Gasteiger partial charge >= 0.3 is 5.97 Å². The molecule has 4 nitrogen and oxygen atoms in total. The number of carbonyl (C=O) groups is 2. The number of halogens is 1.